The second kappa shape index (κ2) is 8.43. The van der Waals surface area contributed by atoms with Crippen LogP contribution in [0.3, 0.4) is 0 Å². The number of halogens is 1. The minimum Gasteiger partial charge on any atom is -0.310 e. The molecule has 1 unspecified atom stereocenters. The Morgan fingerprint density at radius 2 is 1.90 bits per heavy atom. The van der Waals surface area contributed by atoms with Crippen molar-refractivity contribution in [1.82, 2.24) is 15.1 Å². The Hall–Kier alpha value is -2.72. The molecule has 1 aromatic heterocycles. The molecule has 0 radical (unpaired) electrons. The van der Waals surface area contributed by atoms with Crippen LogP contribution >= 0.6 is 0 Å². The van der Waals surface area contributed by atoms with Crippen molar-refractivity contribution in [3.63, 3.8) is 0 Å². The predicted octanol–water partition coefficient (Wildman–Crippen LogP) is 6.12. The van der Waals surface area contributed by atoms with E-state index >= 15 is 0 Å². The molecule has 0 spiro atoms. The third kappa shape index (κ3) is 3.74. The van der Waals surface area contributed by atoms with Gasteiger partial charge in [-0.25, -0.2) is 9.07 Å². The lowest BCUT2D eigenvalue weighted by Crippen LogP contribution is -2.25. The fourth-order valence-corrected chi connectivity index (χ4v) is 5.69. The second-order valence-electron chi connectivity index (χ2n) is 8.88. The zero-order valence-corrected chi connectivity index (χ0v) is 18.3. The minimum atomic E-state index is -0.213. The van der Waals surface area contributed by atoms with E-state index in [0.29, 0.717) is 17.9 Å². The number of aromatic nitrogens is 2. The van der Waals surface area contributed by atoms with Crippen LogP contribution in [0.2, 0.25) is 0 Å². The van der Waals surface area contributed by atoms with E-state index in [9.17, 15) is 4.39 Å². The zero-order chi connectivity index (χ0) is 21.4. The second-order valence-corrected chi connectivity index (χ2v) is 8.88. The number of allylic oxidation sites excluding steroid dienone is 2. The van der Waals surface area contributed by atoms with Crippen molar-refractivity contribution in [2.75, 3.05) is 6.54 Å². The van der Waals surface area contributed by atoms with E-state index in [-0.39, 0.29) is 5.82 Å². The number of benzene rings is 2. The molecule has 0 amide bonds. The van der Waals surface area contributed by atoms with Gasteiger partial charge in [-0.3, -0.25) is 0 Å². The summed E-state index contributed by atoms with van der Waals surface area (Å²) in [5.74, 6) is 0.783. The van der Waals surface area contributed by atoms with Gasteiger partial charge in [-0.1, -0.05) is 55.3 Å². The summed E-state index contributed by atoms with van der Waals surface area (Å²) in [4.78, 5) is 0. The molecule has 3 atom stereocenters. The van der Waals surface area contributed by atoms with Crippen molar-refractivity contribution >= 4 is 0 Å². The van der Waals surface area contributed by atoms with Gasteiger partial charge < -0.3 is 5.32 Å². The highest BCUT2D eigenvalue weighted by Crippen LogP contribution is 2.49. The molecule has 2 aromatic carbocycles. The summed E-state index contributed by atoms with van der Waals surface area (Å²) in [6.07, 6.45) is 6.54. The smallest absolute Gasteiger partial charge is 0.123 e. The fraction of sp³-hybridized carbons (Fsp3) is 0.370. The maximum atomic E-state index is 13.4. The molecule has 1 heterocycles. The highest BCUT2D eigenvalue weighted by molar-refractivity contribution is 5.47. The van der Waals surface area contributed by atoms with E-state index in [1.54, 1.807) is 11.1 Å². The normalized spacial score (nSPS) is 21.1. The average molecular weight is 416 g/mol. The molecule has 4 heteroatoms. The predicted molar refractivity (Wildman–Crippen MR) is 123 cm³/mol. The lowest BCUT2D eigenvalue weighted by atomic mass is 9.78. The zero-order valence-electron chi connectivity index (χ0n) is 18.3. The Bertz CT molecular complexity index is 1080. The van der Waals surface area contributed by atoms with E-state index in [2.05, 4.69) is 49.5 Å². The van der Waals surface area contributed by atoms with Gasteiger partial charge in [0, 0.05) is 23.9 Å². The molecule has 3 aromatic rings. The largest absolute Gasteiger partial charge is 0.310 e. The topological polar surface area (TPSA) is 29.9 Å². The van der Waals surface area contributed by atoms with Crippen LogP contribution in [0.25, 0.3) is 5.69 Å². The van der Waals surface area contributed by atoms with Crippen molar-refractivity contribution in [1.29, 1.82) is 0 Å². The molecular formula is C27H30FN3. The third-order valence-electron chi connectivity index (χ3n) is 7.10. The molecule has 1 N–H and O–H groups in total. The van der Waals surface area contributed by atoms with Gasteiger partial charge in [0.2, 0.25) is 0 Å². The highest BCUT2D eigenvalue weighted by Gasteiger charge is 2.37. The molecule has 31 heavy (non-hydrogen) atoms. The summed E-state index contributed by atoms with van der Waals surface area (Å²) < 4.78 is 15.4. The van der Waals surface area contributed by atoms with Gasteiger partial charge in [0.15, 0.2) is 0 Å². The lowest BCUT2D eigenvalue weighted by Gasteiger charge is -2.29. The Kier molecular flexibility index (Phi) is 5.49. The van der Waals surface area contributed by atoms with E-state index in [0.717, 1.165) is 25.1 Å². The Morgan fingerprint density at radius 1 is 1.13 bits per heavy atom. The van der Waals surface area contributed by atoms with Crippen LogP contribution in [-0.4, -0.2) is 16.3 Å². The molecule has 0 aliphatic heterocycles. The van der Waals surface area contributed by atoms with Crippen molar-refractivity contribution in [3.8, 4) is 5.69 Å². The number of hydrogen-bond donors (Lipinski definition) is 1. The van der Waals surface area contributed by atoms with Gasteiger partial charge in [-0.15, -0.1) is 0 Å². The van der Waals surface area contributed by atoms with Gasteiger partial charge in [0.1, 0.15) is 5.82 Å². The first kappa shape index (κ1) is 20.2. The number of hydrogen-bond acceptors (Lipinski definition) is 2. The molecule has 2 aliphatic rings. The first-order chi connectivity index (χ1) is 15.2. The molecule has 160 valence electrons. The van der Waals surface area contributed by atoms with Crippen LogP contribution in [0.5, 0.6) is 0 Å². The van der Waals surface area contributed by atoms with Gasteiger partial charge in [0.25, 0.3) is 0 Å². The van der Waals surface area contributed by atoms with E-state index in [1.165, 1.54) is 41.8 Å². The Labute approximate surface area is 184 Å². The lowest BCUT2D eigenvalue weighted by molar-refractivity contribution is 0.419. The van der Waals surface area contributed by atoms with Crippen molar-refractivity contribution in [3.05, 3.63) is 94.6 Å². The van der Waals surface area contributed by atoms with Crippen LogP contribution in [0.1, 0.15) is 61.9 Å². The van der Waals surface area contributed by atoms with Gasteiger partial charge in [-0.05, 0) is 61.6 Å². The fourth-order valence-electron chi connectivity index (χ4n) is 5.69. The summed E-state index contributed by atoms with van der Waals surface area (Å²) in [5, 5.41) is 8.41. The van der Waals surface area contributed by atoms with Crippen LogP contribution in [0, 0.1) is 11.7 Å². The summed E-state index contributed by atoms with van der Waals surface area (Å²) in [7, 11) is 0. The Morgan fingerprint density at radius 3 is 2.65 bits per heavy atom. The number of fused-ring (bicyclic) bond motifs is 1. The molecule has 2 aliphatic carbocycles. The molecule has 0 saturated carbocycles. The standard InChI is InChI=1S/C27H30FN3/c1-3-29-25(19-7-5-4-6-8-19)15-20-9-10-21-16-26-24(18(2)27(20)21)17-30-31(26)23-13-11-22(28)12-14-23/h4-8,11-14,17-18,20,25,29H,3,9-10,15-16H2,1-2H3/t18-,20+,25?/m0/s1. The van der Waals surface area contributed by atoms with Crippen molar-refractivity contribution < 1.29 is 4.39 Å². The monoisotopic (exact) mass is 415 g/mol. The maximum absolute atomic E-state index is 13.4. The molecule has 5 rings (SSSR count). The number of nitrogens with one attached hydrogen (secondary N) is 1. The average Bonchev–Trinajstić information content (AvgIpc) is 3.40. The minimum absolute atomic E-state index is 0.213. The molecular weight excluding hydrogens is 385 g/mol. The molecule has 0 saturated heterocycles. The highest BCUT2D eigenvalue weighted by atomic mass is 19.1. The number of nitrogens with zero attached hydrogens (tertiary/aromatic N) is 2. The van der Waals surface area contributed by atoms with Crippen molar-refractivity contribution in [2.45, 2.75) is 51.5 Å². The van der Waals surface area contributed by atoms with Gasteiger partial charge >= 0.3 is 0 Å². The summed E-state index contributed by atoms with van der Waals surface area (Å²) in [6, 6.07) is 17.9. The van der Waals surface area contributed by atoms with E-state index in [1.807, 2.05) is 23.0 Å². The summed E-state index contributed by atoms with van der Waals surface area (Å²) in [6.45, 7) is 5.50. The summed E-state index contributed by atoms with van der Waals surface area (Å²) >= 11 is 0. The first-order valence-corrected chi connectivity index (χ1v) is 11.5. The summed E-state index contributed by atoms with van der Waals surface area (Å²) in [5.41, 5.74) is 8.15. The van der Waals surface area contributed by atoms with Crippen molar-refractivity contribution in [2.24, 2.45) is 5.92 Å². The third-order valence-corrected chi connectivity index (χ3v) is 7.10. The Balaban J connectivity index is 1.42. The number of rotatable bonds is 6. The van der Waals surface area contributed by atoms with Crippen LogP contribution in [0.15, 0.2) is 71.9 Å². The first-order valence-electron chi connectivity index (χ1n) is 11.5. The van der Waals surface area contributed by atoms with Crippen LogP contribution < -0.4 is 5.32 Å². The van der Waals surface area contributed by atoms with Crippen LogP contribution in [-0.2, 0) is 6.42 Å². The quantitative estimate of drug-likeness (QED) is 0.492. The van der Waals surface area contributed by atoms with Crippen LogP contribution in [0.4, 0.5) is 4.39 Å². The molecule has 0 fully saturated rings. The van der Waals surface area contributed by atoms with Gasteiger partial charge in [0.05, 0.1) is 17.6 Å². The van der Waals surface area contributed by atoms with E-state index in [4.69, 9.17) is 5.10 Å². The van der Waals surface area contributed by atoms with Gasteiger partial charge in [-0.2, -0.15) is 5.10 Å². The molecule has 0 bridgehead atoms. The van der Waals surface area contributed by atoms with E-state index < -0.39 is 0 Å². The maximum Gasteiger partial charge on any atom is 0.123 e. The molecule has 3 nitrogen and oxygen atoms in total. The SMILES string of the molecule is CCNC(C[C@H]1CCC2=C1[C@@H](C)c1cnn(-c3ccc(F)cc3)c1C2)c1ccccc1.